The summed E-state index contributed by atoms with van der Waals surface area (Å²) in [6, 6.07) is 0. The van der Waals surface area contributed by atoms with Crippen molar-refractivity contribution in [2.75, 3.05) is 6.61 Å². The second kappa shape index (κ2) is 6.61. The van der Waals surface area contributed by atoms with E-state index in [9.17, 15) is 4.79 Å². The third-order valence-electron chi connectivity index (χ3n) is 1.11. The summed E-state index contributed by atoms with van der Waals surface area (Å²) in [6.07, 6.45) is 6.00. The first-order valence-electron chi connectivity index (χ1n) is 3.81. The van der Waals surface area contributed by atoms with Crippen LogP contribution >= 0.6 is 0 Å². The fraction of sp³-hybridized carbons (Fsp3) is 0.444. The summed E-state index contributed by atoms with van der Waals surface area (Å²) in [5.41, 5.74) is 0. The third kappa shape index (κ3) is 5.68. The maximum Gasteiger partial charge on any atom is 0.331 e. The number of aliphatic hydroxyl groups is 1. The maximum atomic E-state index is 10.8. The summed E-state index contributed by atoms with van der Waals surface area (Å²) < 4.78 is 4.74. The van der Waals surface area contributed by atoms with Gasteiger partial charge in [-0.3, -0.25) is 0 Å². The number of allylic oxidation sites excluding steroid dienone is 3. The van der Waals surface area contributed by atoms with Crippen molar-refractivity contribution in [2.45, 2.75) is 20.0 Å². The summed E-state index contributed by atoms with van der Waals surface area (Å²) in [4.78, 5) is 10.8. The number of carbonyl (C=O) groups excluding carboxylic acids is 1. The molecule has 0 unspecified atom stereocenters. The summed E-state index contributed by atoms with van der Waals surface area (Å²) in [7, 11) is 0. The van der Waals surface area contributed by atoms with Crippen LogP contribution in [0.3, 0.4) is 0 Å². The number of ether oxygens (including phenoxy) is 1. The number of hydrogen-bond acceptors (Lipinski definition) is 3. The molecule has 0 saturated heterocycles. The zero-order valence-electron chi connectivity index (χ0n) is 7.36. The van der Waals surface area contributed by atoms with Crippen LogP contribution in [0.4, 0.5) is 0 Å². The minimum absolute atomic E-state index is 0.150. The van der Waals surface area contributed by atoms with E-state index in [0.717, 1.165) is 0 Å². The highest BCUT2D eigenvalue weighted by atomic mass is 16.5. The van der Waals surface area contributed by atoms with Gasteiger partial charge < -0.3 is 9.84 Å². The Morgan fingerprint density at radius 2 is 2.25 bits per heavy atom. The van der Waals surface area contributed by atoms with E-state index in [1.54, 1.807) is 25.2 Å². The van der Waals surface area contributed by atoms with Gasteiger partial charge in [0.05, 0.1) is 6.61 Å². The van der Waals surface area contributed by atoms with E-state index in [1.807, 2.05) is 6.92 Å². The van der Waals surface area contributed by atoms with E-state index in [1.165, 1.54) is 6.08 Å². The summed E-state index contributed by atoms with van der Waals surface area (Å²) >= 11 is 0. The molecule has 0 aliphatic rings. The van der Waals surface area contributed by atoms with E-state index in [-0.39, 0.29) is 6.61 Å². The van der Waals surface area contributed by atoms with E-state index < -0.39 is 12.1 Å². The lowest BCUT2D eigenvalue weighted by atomic mass is 10.4. The van der Waals surface area contributed by atoms with Crippen LogP contribution in [0.2, 0.25) is 0 Å². The third-order valence-corrected chi connectivity index (χ3v) is 1.11. The quantitative estimate of drug-likeness (QED) is 0.389. The minimum atomic E-state index is -0.437. The Bertz CT molecular complexity index is 182. The highest BCUT2D eigenvalue weighted by Gasteiger charge is 2.03. The molecule has 0 aromatic rings. The lowest BCUT2D eigenvalue weighted by Crippen LogP contribution is -2.16. The molecule has 0 aromatic carbocycles. The van der Waals surface area contributed by atoms with Crippen molar-refractivity contribution in [3.05, 3.63) is 24.3 Å². The first-order chi connectivity index (χ1) is 5.70. The lowest BCUT2D eigenvalue weighted by Gasteiger charge is -2.06. The van der Waals surface area contributed by atoms with Gasteiger partial charge in [-0.15, -0.1) is 0 Å². The molecule has 0 saturated carbocycles. The number of esters is 1. The average molecular weight is 170 g/mol. The molecule has 1 N–H and O–H groups in total. The topological polar surface area (TPSA) is 46.5 Å². The van der Waals surface area contributed by atoms with Crippen LogP contribution < -0.4 is 0 Å². The highest BCUT2D eigenvalue weighted by molar-refractivity contribution is 5.82. The average Bonchev–Trinajstić information content (AvgIpc) is 2.05. The maximum absolute atomic E-state index is 10.8. The molecule has 3 heteroatoms. The standard InChI is InChI=1S/C9H14O3/c1-3-4-5-6-9(11)12-8(2)7-10/h3-6,8,10H,7H2,1-2H3/b4-3+,6-5+/t8-/m1/s1. The van der Waals surface area contributed by atoms with Crippen molar-refractivity contribution in [3.63, 3.8) is 0 Å². The molecule has 0 fully saturated rings. The van der Waals surface area contributed by atoms with E-state index in [2.05, 4.69) is 0 Å². The van der Waals surface area contributed by atoms with Crippen LogP contribution in [0.5, 0.6) is 0 Å². The van der Waals surface area contributed by atoms with E-state index >= 15 is 0 Å². The molecule has 0 spiro atoms. The largest absolute Gasteiger partial charge is 0.457 e. The van der Waals surface area contributed by atoms with E-state index in [0.29, 0.717) is 0 Å². The highest BCUT2D eigenvalue weighted by Crippen LogP contribution is 1.91. The van der Waals surface area contributed by atoms with Crippen LogP contribution in [0, 0.1) is 0 Å². The van der Waals surface area contributed by atoms with Crippen LogP contribution in [0.1, 0.15) is 13.8 Å². The number of aliphatic hydroxyl groups excluding tert-OH is 1. The summed E-state index contributed by atoms with van der Waals surface area (Å²) in [6.45, 7) is 3.33. The molecule has 3 nitrogen and oxygen atoms in total. The number of hydrogen-bond donors (Lipinski definition) is 1. The molecule has 0 rings (SSSR count). The zero-order chi connectivity index (χ0) is 9.40. The Kier molecular flexibility index (Phi) is 6.01. The molecular weight excluding hydrogens is 156 g/mol. The van der Waals surface area contributed by atoms with Gasteiger partial charge in [-0.25, -0.2) is 4.79 Å². The van der Waals surface area contributed by atoms with Gasteiger partial charge in [0.25, 0.3) is 0 Å². The van der Waals surface area contributed by atoms with Crippen molar-refractivity contribution in [3.8, 4) is 0 Å². The van der Waals surface area contributed by atoms with E-state index in [4.69, 9.17) is 9.84 Å². The van der Waals surface area contributed by atoms with Crippen molar-refractivity contribution in [1.82, 2.24) is 0 Å². The Hall–Kier alpha value is -1.09. The van der Waals surface area contributed by atoms with Gasteiger partial charge >= 0.3 is 5.97 Å². The van der Waals surface area contributed by atoms with Crippen LogP contribution in [-0.4, -0.2) is 23.8 Å². The molecule has 0 heterocycles. The smallest absolute Gasteiger partial charge is 0.331 e. The Morgan fingerprint density at radius 3 is 2.75 bits per heavy atom. The van der Waals surface area contributed by atoms with Gasteiger partial charge in [0.2, 0.25) is 0 Å². The van der Waals surface area contributed by atoms with Gasteiger partial charge in [0.15, 0.2) is 0 Å². The first kappa shape index (κ1) is 10.9. The fourth-order valence-electron chi connectivity index (χ4n) is 0.520. The molecule has 0 aliphatic carbocycles. The van der Waals surface area contributed by atoms with Gasteiger partial charge in [-0.2, -0.15) is 0 Å². The normalized spacial score (nSPS) is 13.9. The summed E-state index contributed by atoms with van der Waals surface area (Å²) in [5, 5.41) is 8.54. The molecule has 68 valence electrons. The Morgan fingerprint density at radius 1 is 1.58 bits per heavy atom. The Balaban J connectivity index is 3.73. The van der Waals surface area contributed by atoms with Crippen LogP contribution in [0.15, 0.2) is 24.3 Å². The second-order valence-corrected chi connectivity index (χ2v) is 2.31. The molecule has 0 radical (unpaired) electrons. The zero-order valence-corrected chi connectivity index (χ0v) is 7.36. The van der Waals surface area contributed by atoms with Gasteiger partial charge in [0.1, 0.15) is 6.10 Å². The molecule has 0 amide bonds. The number of rotatable bonds is 4. The predicted molar refractivity (Wildman–Crippen MR) is 46.6 cm³/mol. The SMILES string of the molecule is C/C=C/C=C/C(=O)O[C@H](C)CO. The second-order valence-electron chi connectivity index (χ2n) is 2.31. The molecule has 1 atom stereocenters. The van der Waals surface area contributed by atoms with Gasteiger partial charge in [0, 0.05) is 6.08 Å². The molecule has 0 bridgehead atoms. The van der Waals surface area contributed by atoms with Gasteiger partial charge in [-0.05, 0) is 13.8 Å². The van der Waals surface area contributed by atoms with Crippen molar-refractivity contribution in [1.29, 1.82) is 0 Å². The fourth-order valence-corrected chi connectivity index (χ4v) is 0.520. The monoisotopic (exact) mass is 170 g/mol. The van der Waals surface area contributed by atoms with Crippen LogP contribution in [0.25, 0.3) is 0 Å². The van der Waals surface area contributed by atoms with Crippen molar-refractivity contribution < 1.29 is 14.6 Å². The van der Waals surface area contributed by atoms with Crippen molar-refractivity contribution >= 4 is 5.97 Å². The number of carbonyl (C=O) groups is 1. The molecule has 0 aliphatic heterocycles. The lowest BCUT2D eigenvalue weighted by molar-refractivity contribution is -0.143. The molecule has 0 aromatic heterocycles. The van der Waals surface area contributed by atoms with Crippen molar-refractivity contribution in [2.24, 2.45) is 0 Å². The van der Waals surface area contributed by atoms with Crippen LogP contribution in [-0.2, 0) is 9.53 Å². The first-order valence-corrected chi connectivity index (χ1v) is 3.81. The van der Waals surface area contributed by atoms with Gasteiger partial charge in [-0.1, -0.05) is 18.2 Å². The predicted octanol–water partition coefficient (Wildman–Crippen LogP) is 1.04. The Labute approximate surface area is 72.3 Å². The summed E-state index contributed by atoms with van der Waals surface area (Å²) in [5.74, 6) is -0.436. The molecule has 12 heavy (non-hydrogen) atoms. The minimum Gasteiger partial charge on any atom is -0.457 e. The molecular formula is C9H14O3.